The molecule has 3 aromatic rings. The standard InChI is InChI=1S/C30H30ClF2N5O2/c1-5-27(40)37-12-13-38(19(4)16-37)30(35-26-9-7-6-8-21(26)18(2)3)23-15-24(31)28(36-29(23)34-17-39)22-14-20(32)10-11-25(22)33/h5-11,14-15,17-19H,1,12-13,16H2,2-4H3,(H,34,36,39). The second kappa shape index (κ2) is 12.4. The summed E-state index contributed by atoms with van der Waals surface area (Å²) < 4.78 is 28.7. The fourth-order valence-corrected chi connectivity index (χ4v) is 5.02. The van der Waals surface area contributed by atoms with Gasteiger partial charge in [0.2, 0.25) is 12.3 Å². The number of carbonyl (C=O) groups excluding carboxylic acids is 2. The third kappa shape index (κ3) is 6.04. The van der Waals surface area contributed by atoms with E-state index in [1.165, 1.54) is 6.08 Å². The molecule has 4 rings (SSSR count). The van der Waals surface area contributed by atoms with Gasteiger partial charge in [-0.05, 0) is 54.8 Å². The van der Waals surface area contributed by atoms with Gasteiger partial charge in [0.15, 0.2) is 0 Å². The van der Waals surface area contributed by atoms with Crippen molar-refractivity contribution in [1.82, 2.24) is 14.8 Å². The number of rotatable bonds is 7. The number of amidine groups is 1. The number of carbonyl (C=O) groups is 2. The van der Waals surface area contributed by atoms with Gasteiger partial charge in [0.05, 0.1) is 22.0 Å². The molecule has 10 heteroatoms. The highest BCUT2D eigenvalue weighted by Gasteiger charge is 2.31. The first-order valence-corrected chi connectivity index (χ1v) is 13.2. The monoisotopic (exact) mass is 565 g/mol. The third-order valence-corrected chi connectivity index (χ3v) is 7.06. The summed E-state index contributed by atoms with van der Waals surface area (Å²) in [5.74, 6) is -0.807. The van der Waals surface area contributed by atoms with Crippen molar-refractivity contribution in [3.8, 4) is 11.3 Å². The van der Waals surface area contributed by atoms with Crippen LogP contribution in [0.5, 0.6) is 0 Å². The van der Waals surface area contributed by atoms with Crippen LogP contribution in [-0.4, -0.2) is 58.6 Å². The van der Waals surface area contributed by atoms with Gasteiger partial charge >= 0.3 is 0 Å². The molecule has 2 aromatic carbocycles. The number of halogens is 3. The average molecular weight is 566 g/mol. The normalized spacial score (nSPS) is 15.8. The Morgan fingerprint density at radius 1 is 1.20 bits per heavy atom. The maximum Gasteiger partial charge on any atom is 0.246 e. The number of hydrogen-bond acceptors (Lipinski definition) is 4. The molecule has 1 aliphatic rings. The molecule has 0 spiro atoms. The Labute approximate surface area is 237 Å². The molecule has 0 aliphatic carbocycles. The van der Waals surface area contributed by atoms with Gasteiger partial charge in [-0.2, -0.15) is 0 Å². The largest absolute Gasteiger partial charge is 0.350 e. The first kappa shape index (κ1) is 28.9. The van der Waals surface area contributed by atoms with Crippen LogP contribution in [0.15, 0.2) is 66.2 Å². The minimum Gasteiger partial charge on any atom is -0.350 e. The molecule has 1 aromatic heterocycles. The number of pyridine rings is 1. The summed E-state index contributed by atoms with van der Waals surface area (Å²) in [5, 5.41) is 2.64. The van der Waals surface area contributed by atoms with Crippen LogP contribution in [0.4, 0.5) is 20.3 Å². The zero-order chi connectivity index (χ0) is 29.0. The van der Waals surface area contributed by atoms with Crippen LogP contribution >= 0.6 is 11.6 Å². The first-order chi connectivity index (χ1) is 19.1. The Morgan fingerprint density at radius 3 is 2.62 bits per heavy atom. The molecule has 7 nitrogen and oxygen atoms in total. The van der Waals surface area contributed by atoms with E-state index in [4.69, 9.17) is 16.6 Å². The van der Waals surface area contributed by atoms with E-state index in [1.807, 2.05) is 36.1 Å². The summed E-state index contributed by atoms with van der Waals surface area (Å²) >= 11 is 6.64. The summed E-state index contributed by atoms with van der Waals surface area (Å²) in [6.45, 7) is 11.0. The van der Waals surface area contributed by atoms with E-state index >= 15 is 0 Å². The van der Waals surface area contributed by atoms with Gasteiger partial charge in [-0.25, -0.2) is 18.8 Å². The van der Waals surface area contributed by atoms with E-state index in [0.717, 1.165) is 29.4 Å². The Bertz CT molecular complexity index is 1480. The summed E-state index contributed by atoms with van der Waals surface area (Å²) in [5.41, 5.74) is 1.96. The number of amides is 2. The lowest BCUT2D eigenvalue weighted by Crippen LogP contribution is -2.55. The molecule has 2 amide bonds. The van der Waals surface area contributed by atoms with Crippen LogP contribution in [0.25, 0.3) is 11.3 Å². The van der Waals surface area contributed by atoms with Gasteiger partial charge < -0.3 is 15.1 Å². The van der Waals surface area contributed by atoms with E-state index in [2.05, 4.69) is 30.7 Å². The number of benzene rings is 2. The molecule has 40 heavy (non-hydrogen) atoms. The minimum atomic E-state index is -0.711. The molecular formula is C30H30ClF2N5O2. The van der Waals surface area contributed by atoms with Crippen molar-refractivity contribution in [2.24, 2.45) is 4.99 Å². The highest BCUT2D eigenvalue weighted by Crippen LogP contribution is 2.35. The quantitative estimate of drug-likeness (QED) is 0.161. The molecule has 1 fully saturated rings. The van der Waals surface area contributed by atoms with Gasteiger partial charge in [-0.15, -0.1) is 0 Å². The van der Waals surface area contributed by atoms with E-state index in [0.29, 0.717) is 37.4 Å². The van der Waals surface area contributed by atoms with E-state index in [9.17, 15) is 18.4 Å². The van der Waals surface area contributed by atoms with Crippen LogP contribution in [0.1, 0.15) is 37.8 Å². The van der Waals surface area contributed by atoms with Crippen LogP contribution < -0.4 is 5.32 Å². The molecule has 1 N–H and O–H groups in total. The lowest BCUT2D eigenvalue weighted by molar-refractivity contribution is -0.128. The summed E-state index contributed by atoms with van der Waals surface area (Å²) in [6.07, 6.45) is 1.74. The van der Waals surface area contributed by atoms with Crippen molar-refractivity contribution >= 4 is 41.3 Å². The zero-order valence-corrected chi connectivity index (χ0v) is 23.3. The number of aliphatic imine (C=N–C) groups is 1. The van der Waals surface area contributed by atoms with Crippen LogP contribution in [0, 0.1) is 11.6 Å². The van der Waals surface area contributed by atoms with Gasteiger partial charge in [0.1, 0.15) is 23.3 Å². The van der Waals surface area contributed by atoms with Crippen molar-refractivity contribution in [3.63, 3.8) is 0 Å². The van der Waals surface area contributed by atoms with E-state index in [-0.39, 0.29) is 40.0 Å². The van der Waals surface area contributed by atoms with Crippen LogP contribution in [0.2, 0.25) is 5.02 Å². The minimum absolute atomic E-state index is 0.0249. The highest BCUT2D eigenvalue weighted by molar-refractivity contribution is 6.33. The lowest BCUT2D eigenvalue weighted by atomic mass is 10.0. The fraction of sp³-hybridized carbons (Fsp3) is 0.267. The predicted molar refractivity (Wildman–Crippen MR) is 154 cm³/mol. The van der Waals surface area contributed by atoms with Crippen molar-refractivity contribution in [2.75, 3.05) is 25.0 Å². The molecule has 2 heterocycles. The smallest absolute Gasteiger partial charge is 0.246 e. The van der Waals surface area contributed by atoms with Gasteiger partial charge in [0.25, 0.3) is 0 Å². The first-order valence-electron chi connectivity index (χ1n) is 12.9. The molecule has 1 unspecified atom stereocenters. The second-order valence-corrected chi connectivity index (χ2v) is 10.2. The molecule has 208 valence electrons. The second-order valence-electron chi connectivity index (χ2n) is 9.78. The van der Waals surface area contributed by atoms with E-state index in [1.54, 1.807) is 11.0 Å². The predicted octanol–water partition coefficient (Wildman–Crippen LogP) is 6.17. The summed E-state index contributed by atoms with van der Waals surface area (Å²) in [4.78, 5) is 37.2. The summed E-state index contributed by atoms with van der Waals surface area (Å²) in [6, 6.07) is 12.1. The molecule has 1 saturated heterocycles. The molecule has 1 atom stereocenters. The van der Waals surface area contributed by atoms with Gasteiger partial charge in [-0.3, -0.25) is 9.59 Å². The molecule has 0 bridgehead atoms. The third-order valence-electron chi connectivity index (χ3n) is 6.77. The lowest BCUT2D eigenvalue weighted by Gasteiger charge is -2.41. The topological polar surface area (TPSA) is 77.9 Å². The SMILES string of the molecule is C=CC(=O)N1CCN(C(=Nc2ccccc2C(C)C)c2cc(Cl)c(-c3cc(F)ccc3F)nc2NC=O)C(C)C1. The number of hydrogen-bond donors (Lipinski definition) is 1. The van der Waals surface area contributed by atoms with Crippen molar-refractivity contribution in [1.29, 1.82) is 0 Å². The van der Waals surface area contributed by atoms with E-state index < -0.39 is 11.6 Å². The van der Waals surface area contributed by atoms with Gasteiger partial charge in [-0.1, -0.05) is 50.2 Å². The van der Waals surface area contributed by atoms with Crippen LogP contribution in [0.3, 0.4) is 0 Å². The maximum absolute atomic E-state index is 14.7. The van der Waals surface area contributed by atoms with Crippen molar-refractivity contribution in [2.45, 2.75) is 32.7 Å². The maximum atomic E-state index is 14.7. The highest BCUT2D eigenvalue weighted by atomic mass is 35.5. The van der Waals surface area contributed by atoms with Gasteiger partial charge in [0, 0.05) is 31.2 Å². The number of piperazine rings is 1. The molecule has 0 radical (unpaired) electrons. The number of para-hydroxylation sites is 1. The Morgan fingerprint density at radius 2 is 1.95 bits per heavy atom. The fourth-order valence-electron chi connectivity index (χ4n) is 4.77. The van der Waals surface area contributed by atoms with Crippen LogP contribution in [-0.2, 0) is 9.59 Å². The number of nitrogens with one attached hydrogen (secondary N) is 1. The van der Waals surface area contributed by atoms with Crippen molar-refractivity contribution in [3.05, 3.63) is 89.0 Å². The number of aromatic nitrogens is 1. The zero-order valence-electron chi connectivity index (χ0n) is 22.5. The molecule has 0 saturated carbocycles. The Balaban J connectivity index is 1.92. The Hall–Kier alpha value is -4.11. The average Bonchev–Trinajstić information content (AvgIpc) is 2.94. The number of nitrogens with zero attached hydrogens (tertiary/aromatic N) is 4. The summed E-state index contributed by atoms with van der Waals surface area (Å²) in [7, 11) is 0. The molecule has 1 aliphatic heterocycles. The Kier molecular flexibility index (Phi) is 8.94. The number of anilines is 1. The molecular weight excluding hydrogens is 536 g/mol. The van der Waals surface area contributed by atoms with Crippen molar-refractivity contribution < 1.29 is 18.4 Å².